The summed E-state index contributed by atoms with van der Waals surface area (Å²) in [4.78, 5) is 22.0. The lowest BCUT2D eigenvalue weighted by Crippen LogP contribution is -2.37. The van der Waals surface area contributed by atoms with E-state index < -0.39 is 0 Å². The molecule has 224 valence electrons. The van der Waals surface area contributed by atoms with Crippen molar-refractivity contribution in [2.45, 2.75) is 31.8 Å². The topological polar surface area (TPSA) is 116 Å². The Morgan fingerprint density at radius 3 is 2.60 bits per heavy atom. The van der Waals surface area contributed by atoms with Crippen molar-refractivity contribution in [2.75, 3.05) is 69.4 Å². The van der Waals surface area contributed by atoms with Crippen molar-refractivity contribution in [1.29, 1.82) is 0 Å². The highest BCUT2D eigenvalue weighted by molar-refractivity contribution is 6.04. The maximum Gasteiger partial charge on any atom is 0.256 e. The van der Waals surface area contributed by atoms with Crippen molar-refractivity contribution in [3.63, 3.8) is 0 Å². The second kappa shape index (κ2) is 15.5. The van der Waals surface area contributed by atoms with Gasteiger partial charge in [0.25, 0.3) is 5.91 Å². The summed E-state index contributed by atoms with van der Waals surface area (Å²) in [7, 11) is 3.58. The Balaban J connectivity index is 1.45. The van der Waals surface area contributed by atoms with Crippen LogP contribution < -0.4 is 21.3 Å². The van der Waals surface area contributed by atoms with Crippen LogP contribution in [0.1, 0.15) is 47.2 Å². The first-order valence-electron chi connectivity index (χ1n) is 14.6. The van der Waals surface area contributed by atoms with Crippen LogP contribution in [-0.4, -0.2) is 80.5 Å². The average molecular weight is 573 g/mol. The molecule has 1 saturated heterocycles. The molecule has 5 N–H and O–H groups in total. The number of likely N-dealkylation sites (tertiary alicyclic amines) is 1. The molecule has 1 amide bonds. The lowest BCUT2D eigenvalue weighted by Gasteiger charge is -2.32. The lowest BCUT2D eigenvalue weighted by molar-refractivity contribution is 0.102. The molecule has 1 aliphatic heterocycles. The van der Waals surface area contributed by atoms with Crippen LogP contribution in [0.3, 0.4) is 0 Å². The van der Waals surface area contributed by atoms with E-state index in [9.17, 15) is 9.90 Å². The summed E-state index contributed by atoms with van der Waals surface area (Å²) >= 11 is 0. The number of anilines is 4. The van der Waals surface area contributed by atoms with Crippen molar-refractivity contribution in [1.82, 2.24) is 15.2 Å². The average Bonchev–Trinajstić information content (AvgIpc) is 2.99. The van der Waals surface area contributed by atoms with Gasteiger partial charge in [-0.1, -0.05) is 24.3 Å². The number of aliphatic hydroxyl groups excluding tert-OH is 1. The Kier molecular flexibility index (Phi) is 11.5. The first-order chi connectivity index (χ1) is 20.4. The molecule has 0 bridgehead atoms. The van der Waals surface area contributed by atoms with Gasteiger partial charge in [-0.2, -0.15) is 0 Å². The van der Waals surface area contributed by atoms with Crippen LogP contribution in [0.25, 0.3) is 6.08 Å². The van der Waals surface area contributed by atoms with Crippen molar-refractivity contribution in [2.24, 2.45) is 0 Å². The number of amides is 1. The minimum Gasteiger partial charge on any atom is -0.398 e. The van der Waals surface area contributed by atoms with Crippen molar-refractivity contribution in [3.8, 4) is 0 Å². The summed E-state index contributed by atoms with van der Waals surface area (Å²) in [6.45, 7) is 6.39. The summed E-state index contributed by atoms with van der Waals surface area (Å²) in [6, 6.07) is 17.6. The number of hydrogen-bond acceptors (Lipinski definition) is 8. The molecule has 2 aromatic carbocycles. The second-order valence-electron chi connectivity index (χ2n) is 10.8. The third-order valence-corrected chi connectivity index (χ3v) is 7.57. The van der Waals surface area contributed by atoms with E-state index in [1.165, 1.54) is 5.56 Å². The molecular formula is C33H44N6O3. The number of aliphatic hydroxyl groups is 1. The van der Waals surface area contributed by atoms with Crippen molar-refractivity contribution < 1.29 is 14.6 Å². The SMILES string of the molecule is CNCC=Cc1cc(N(CCOC)c2ccnc(NC(=O)c3ccc(C4CCN(CC(C)O)CC4)cc3)c2)ccc1N. The van der Waals surface area contributed by atoms with Crippen LogP contribution in [0.4, 0.5) is 22.9 Å². The number of hydrogen-bond donors (Lipinski definition) is 4. The first kappa shape index (κ1) is 31.2. The number of ether oxygens (including phenoxy) is 1. The Morgan fingerprint density at radius 1 is 1.17 bits per heavy atom. The Bertz CT molecular complexity index is 1320. The molecule has 1 aromatic heterocycles. The maximum atomic E-state index is 13.1. The van der Waals surface area contributed by atoms with E-state index in [4.69, 9.17) is 10.5 Å². The number of nitrogens with one attached hydrogen (secondary N) is 2. The van der Waals surface area contributed by atoms with Gasteiger partial charge in [0.1, 0.15) is 5.82 Å². The van der Waals surface area contributed by atoms with E-state index in [0.29, 0.717) is 36.1 Å². The number of carbonyl (C=O) groups excluding carboxylic acids is 1. The number of likely N-dealkylation sites (N-methyl/N-ethyl adjacent to an activating group) is 1. The third kappa shape index (κ3) is 8.62. The summed E-state index contributed by atoms with van der Waals surface area (Å²) in [5.74, 6) is 0.737. The Labute approximate surface area is 249 Å². The van der Waals surface area contributed by atoms with Crippen LogP contribution in [0.15, 0.2) is 66.9 Å². The van der Waals surface area contributed by atoms with E-state index in [-0.39, 0.29) is 12.0 Å². The third-order valence-electron chi connectivity index (χ3n) is 7.57. The fourth-order valence-corrected chi connectivity index (χ4v) is 5.34. The number of nitrogens with zero attached hydrogens (tertiary/aromatic N) is 3. The number of benzene rings is 2. The Morgan fingerprint density at radius 2 is 1.90 bits per heavy atom. The van der Waals surface area contributed by atoms with Crippen LogP contribution in [0.5, 0.6) is 0 Å². The lowest BCUT2D eigenvalue weighted by atomic mass is 9.89. The zero-order valence-electron chi connectivity index (χ0n) is 24.9. The van der Waals surface area contributed by atoms with Gasteiger partial charge < -0.3 is 36.0 Å². The number of nitrogen functional groups attached to an aromatic ring is 1. The molecule has 9 heteroatoms. The molecule has 4 rings (SSSR count). The molecule has 1 aliphatic rings. The van der Waals surface area contributed by atoms with Gasteiger partial charge in [0.2, 0.25) is 0 Å². The normalized spacial score (nSPS) is 15.1. The van der Waals surface area contributed by atoms with Gasteiger partial charge in [0.05, 0.1) is 12.7 Å². The predicted octanol–water partition coefficient (Wildman–Crippen LogP) is 4.49. The van der Waals surface area contributed by atoms with E-state index in [0.717, 1.165) is 56.0 Å². The molecule has 3 aromatic rings. The molecule has 0 saturated carbocycles. The van der Waals surface area contributed by atoms with Crippen molar-refractivity contribution in [3.05, 3.63) is 83.6 Å². The minimum atomic E-state index is -0.302. The molecule has 9 nitrogen and oxygen atoms in total. The van der Waals surface area contributed by atoms with E-state index in [1.54, 1.807) is 13.3 Å². The van der Waals surface area contributed by atoms with E-state index in [1.807, 2.05) is 68.6 Å². The quantitative estimate of drug-likeness (QED) is 0.222. The highest BCUT2D eigenvalue weighted by Gasteiger charge is 2.21. The van der Waals surface area contributed by atoms with Gasteiger partial charge in [0, 0.05) is 61.6 Å². The van der Waals surface area contributed by atoms with Gasteiger partial charge in [-0.25, -0.2) is 4.98 Å². The Hall–Kier alpha value is -3.76. The maximum absolute atomic E-state index is 13.1. The summed E-state index contributed by atoms with van der Waals surface area (Å²) in [5.41, 5.74) is 11.5. The number of nitrogens with two attached hydrogens (primary N) is 1. The first-order valence-corrected chi connectivity index (χ1v) is 14.6. The second-order valence-corrected chi connectivity index (χ2v) is 10.8. The highest BCUT2D eigenvalue weighted by atomic mass is 16.5. The molecule has 1 fully saturated rings. The van der Waals surface area contributed by atoms with Gasteiger partial charge in [-0.05, 0) is 93.3 Å². The van der Waals surface area contributed by atoms with Crippen LogP contribution in [0, 0.1) is 0 Å². The molecule has 42 heavy (non-hydrogen) atoms. The number of aromatic nitrogens is 1. The van der Waals surface area contributed by atoms with Crippen LogP contribution in [0.2, 0.25) is 0 Å². The molecule has 0 aliphatic carbocycles. The molecule has 1 unspecified atom stereocenters. The van der Waals surface area contributed by atoms with Gasteiger partial charge >= 0.3 is 0 Å². The zero-order valence-corrected chi connectivity index (χ0v) is 24.9. The molecular weight excluding hydrogens is 528 g/mol. The smallest absolute Gasteiger partial charge is 0.256 e. The number of methoxy groups -OCH3 is 1. The number of pyridine rings is 1. The number of carbonyl (C=O) groups is 1. The summed E-state index contributed by atoms with van der Waals surface area (Å²) < 4.78 is 5.39. The van der Waals surface area contributed by atoms with Gasteiger partial charge in [-0.15, -0.1) is 0 Å². The molecule has 0 spiro atoms. The number of β-amino-alcohol motifs (C(OH)–C–C–N with tert-alkyl or cyclic N) is 1. The number of rotatable bonds is 13. The van der Waals surface area contributed by atoms with E-state index >= 15 is 0 Å². The highest BCUT2D eigenvalue weighted by Crippen LogP contribution is 2.31. The van der Waals surface area contributed by atoms with E-state index in [2.05, 4.69) is 37.6 Å². The zero-order chi connectivity index (χ0) is 29.9. The monoisotopic (exact) mass is 572 g/mol. The van der Waals surface area contributed by atoms with Crippen molar-refractivity contribution >= 4 is 34.9 Å². The van der Waals surface area contributed by atoms with Crippen LogP contribution in [-0.2, 0) is 4.74 Å². The minimum absolute atomic E-state index is 0.203. The molecule has 0 radical (unpaired) electrons. The van der Waals surface area contributed by atoms with Crippen LogP contribution >= 0.6 is 0 Å². The largest absolute Gasteiger partial charge is 0.398 e. The fourth-order valence-electron chi connectivity index (χ4n) is 5.34. The summed E-state index contributed by atoms with van der Waals surface area (Å²) in [6.07, 6.45) is 7.54. The molecule has 2 heterocycles. The summed E-state index contributed by atoms with van der Waals surface area (Å²) in [5, 5.41) is 15.7. The predicted molar refractivity (Wildman–Crippen MR) is 171 cm³/mol. The standard InChI is InChI=1S/C33H44N6O3/c1-24(40)23-38-17-13-26(14-18-38)25-6-8-27(9-7-25)33(41)37-32-22-30(12-16-36-32)39(19-20-42-3)29-10-11-31(34)28(21-29)5-4-15-35-2/h4-12,16,21-22,24,26,35,40H,13-15,17-20,23,34H2,1-3H3,(H,36,37,41). The molecule has 1 atom stereocenters. The van der Waals surface area contributed by atoms with Gasteiger partial charge in [0.15, 0.2) is 0 Å². The number of piperidine rings is 1. The van der Waals surface area contributed by atoms with Gasteiger partial charge in [-0.3, -0.25) is 4.79 Å². The fraction of sp³-hybridized carbons (Fsp3) is 0.394.